The summed E-state index contributed by atoms with van der Waals surface area (Å²) in [7, 11) is 1.91. The first-order valence-electron chi connectivity index (χ1n) is 7.66. The summed E-state index contributed by atoms with van der Waals surface area (Å²) in [4.78, 5) is 0. The maximum Gasteiger partial charge on any atom is 0.169 e. The fourth-order valence-electron chi connectivity index (χ4n) is 3.26. The Morgan fingerprint density at radius 2 is 1.90 bits per heavy atom. The van der Waals surface area contributed by atoms with E-state index in [1.807, 2.05) is 19.3 Å². The SMILES string of the molecule is C=C/C(=C\NC)c1ccc2c(c1)CCC1(CC2)OCCO1. The van der Waals surface area contributed by atoms with E-state index < -0.39 is 0 Å². The van der Waals surface area contributed by atoms with Gasteiger partial charge in [-0.05, 0) is 35.1 Å². The second kappa shape index (κ2) is 6.04. The van der Waals surface area contributed by atoms with E-state index >= 15 is 0 Å². The van der Waals surface area contributed by atoms with Crippen molar-refractivity contribution >= 4 is 5.57 Å². The van der Waals surface area contributed by atoms with E-state index in [0.717, 1.165) is 44.5 Å². The lowest BCUT2D eigenvalue weighted by atomic mass is 9.97. The first-order valence-corrected chi connectivity index (χ1v) is 7.66. The maximum absolute atomic E-state index is 5.87. The van der Waals surface area contributed by atoms with E-state index in [0.29, 0.717) is 0 Å². The van der Waals surface area contributed by atoms with Gasteiger partial charge in [-0.2, -0.15) is 0 Å². The predicted molar refractivity (Wildman–Crippen MR) is 85.0 cm³/mol. The highest BCUT2D eigenvalue weighted by atomic mass is 16.7. The van der Waals surface area contributed by atoms with Crippen LogP contribution in [0.15, 0.2) is 37.1 Å². The van der Waals surface area contributed by atoms with Crippen LogP contribution in [0.1, 0.15) is 29.5 Å². The molecule has 0 saturated carbocycles. The molecule has 1 N–H and O–H groups in total. The Hall–Kier alpha value is -1.58. The smallest absolute Gasteiger partial charge is 0.169 e. The molecule has 0 unspecified atom stereocenters. The van der Waals surface area contributed by atoms with Gasteiger partial charge in [0.05, 0.1) is 13.2 Å². The van der Waals surface area contributed by atoms with Crippen LogP contribution in [-0.4, -0.2) is 26.0 Å². The normalized spacial score (nSPS) is 20.9. The van der Waals surface area contributed by atoms with Crippen LogP contribution >= 0.6 is 0 Å². The second-order valence-corrected chi connectivity index (χ2v) is 5.68. The van der Waals surface area contributed by atoms with Gasteiger partial charge in [0, 0.05) is 26.1 Å². The molecule has 1 fully saturated rings. The van der Waals surface area contributed by atoms with Crippen LogP contribution in [0.2, 0.25) is 0 Å². The molecule has 1 saturated heterocycles. The molecule has 0 amide bonds. The lowest BCUT2D eigenvalue weighted by Crippen LogP contribution is -2.30. The lowest BCUT2D eigenvalue weighted by molar-refractivity contribution is -0.164. The summed E-state index contributed by atoms with van der Waals surface area (Å²) in [5.74, 6) is -0.332. The zero-order valence-corrected chi connectivity index (χ0v) is 12.7. The van der Waals surface area contributed by atoms with Crippen molar-refractivity contribution in [2.75, 3.05) is 20.3 Å². The highest BCUT2D eigenvalue weighted by Crippen LogP contribution is 2.35. The number of rotatable bonds is 3. The molecule has 0 bridgehead atoms. The molecule has 0 radical (unpaired) electrons. The molecule has 1 aliphatic carbocycles. The first-order chi connectivity index (χ1) is 10.3. The number of hydrogen-bond acceptors (Lipinski definition) is 3. The van der Waals surface area contributed by atoms with E-state index in [1.165, 1.54) is 16.7 Å². The Balaban J connectivity index is 1.86. The summed E-state index contributed by atoms with van der Waals surface area (Å²) >= 11 is 0. The molecule has 1 aromatic carbocycles. The van der Waals surface area contributed by atoms with Gasteiger partial charge >= 0.3 is 0 Å². The monoisotopic (exact) mass is 285 g/mol. The molecule has 3 nitrogen and oxygen atoms in total. The molecule has 3 rings (SSSR count). The number of benzene rings is 1. The van der Waals surface area contributed by atoms with Gasteiger partial charge < -0.3 is 14.8 Å². The molecule has 3 heteroatoms. The summed E-state index contributed by atoms with van der Waals surface area (Å²) in [6.45, 7) is 5.35. The first kappa shape index (κ1) is 14.4. The topological polar surface area (TPSA) is 30.5 Å². The van der Waals surface area contributed by atoms with Crippen molar-refractivity contribution in [1.29, 1.82) is 0 Å². The highest BCUT2D eigenvalue weighted by Gasteiger charge is 2.37. The quantitative estimate of drug-likeness (QED) is 0.866. The molecule has 2 aliphatic rings. The second-order valence-electron chi connectivity index (χ2n) is 5.68. The van der Waals surface area contributed by atoms with Gasteiger partial charge in [0.1, 0.15) is 0 Å². The molecular weight excluding hydrogens is 262 g/mol. The highest BCUT2D eigenvalue weighted by molar-refractivity contribution is 5.73. The Labute approximate surface area is 126 Å². The largest absolute Gasteiger partial charge is 0.393 e. The van der Waals surface area contributed by atoms with E-state index in [4.69, 9.17) is 9.47 Å². The third-order valence-corrected chi connectivity index (χ3v) is 4.42. The minimum Gasteiger partial charge on any atom is -0.393 e. The van der Waals surface area contributed by atoms with E-state index in [9.17, 15) is 0 Å². The van der Waals surface area contributed by atoms with Gasteiger partial charge in [-0.25, -0.2) is 0 Å². The van der Waals surface area contributed by atoms with Crippen LogP contribution in [-0.2, 0) is 22.3 Å². The molecule has 0 aromatic heterocycles. The zero-order valence-electron chi connectivity index (χ0n) is 12.7. The van der Waals surface area contributed by atoms with Crippen LogP contribution in [0, 0.1) is 0 Å². The van der Waals surface area contributed by atoms with Crippen molar-refractivity contribution in [2.45, 2.75) is 31.5 Å². The van der Waals surface area contributed by atoms with Crippen LogP contribution in [0.3, 0.4) is 0 Å². The molecule has 1 spiro atoms. The molecule has 112 valence electrons. The van der Waals surface area contributed by atoms with Crippen molar-refractivity contribution in [3.05, 3.63) is 53.7 Å². The zero-order chi connectivity index (χ0) is 14.7. The van der Waals surface area contributed by atoms with Gasteiger partial charge in [0.25, 0.3) is 0 Å². The number of ether oxygens (including phenoxy) is 2. The van der Waals surface area contributed by atoms with Gasteiger partial charge in [0.15, 0.2) is 5.79 Å². The van der Waals surface area contributed by atoms with E-state index in [1.54, 1.807) is 0 Å². The standard InChI is InChI=1S/C18H23NO2/c1-3-14(13-19-2)16-5-4-15-6-8-18(20-10-11-21-18)9-7-17(15)12-16/h3-5,12-13,19H,1,6-11H2,2H3/b14-13+. The summed E-state index contributed by atoms with van der Waals surface area (Å²) in [6.07, 6.45) is 7.81. The van der Waals surface area contributed by atoms with Crippen molar-refractivity contribution in [2.24, 2.45) is 0 Å². The summed E-state index contributed by atoms with van der Waals surface area (Å²) in [6, 6.07) is 6.71. The van der Waals surface area contributed by atoms with E-state index in [2.05, 4.69) is 30.1 Å². The Morgan fingerprint density at radius 1 is 1.19 bits per heavy atom. The fourth-order valence-corrected chi connectivity index (χ4v) is 3.26. The summed E-state index contributed by atoms with van der Waals surface area (Å²) < 4.78 is 11.7. The van der Waals surface area contributed by atoms with Gasteiger partial charge in [-0.15, -0.1) is 0 Å². The van der Waals surface area contributed by atoms with Crippen molar-refractivity contribution < 1.29 is 9.47 Å². The Morgan fingerprint density at radius 3 is 2.57 bits per heavy atom. The van der Waals surface area contributed by atoms with Gasteiger partial charge in [0.2, 0.25) is 0 Å². The van der Waals surface area contributed by atoms with Gasteiger partial charge in [-0.3, -0.25) is 0 Å². The fraction of sp³-hybridized carbons (Fsp3) is 0.444. The van der Waals surface area contributed by atoms with Crippen molar-refractivity contribution in [1.82, 2.24) is 5.32 Å². The molecule has 1 heterocycles. The van der Waals surface area contributed by atoms with Crippen LogP contribution in [0.5, 0.6) is 0 Å². The molecule has 1 aliphatic heterocycles. The minimum atomic E-state index is -0.332. The van der Waals surface area contributed by atoms with Crippen molar-refractivity contribution in [3.8, 4) is 0 Å². The molecule has 0 atom stereocenters. The summed E-state index contributed by atoms with van der Waals surface area (Å²) in [5.41, 5.74) is 5.16. The predicted octanol–water partition coefficient (Wildman–Crippen LogP) is 3.05. The van der Waals surface area contributed by atoms with Gasteiger partial charge in [-0.1, -0.05) is 30.9 Å². The third-order valence-electron chi connectivity index (χ3n) is 4.42. The third kappa shape index (κ3) is 2.89. The summed E-state index contributed by atoms with van der Waals surface area (Å²) in [5, 5.41) is 3.08. The number of nitrogens with one attached hydrogen (secondary N) is 1. The molecule has 21 heavy (non-hydrogen) atoms. The van der Waals surface area contributed by atoms with E-state index in [-0.39, 0.29) is 5.79 Å². The van der Waals surface area contributed by atoms with Crippen molar-refractivity contribution in [3.63, 3.8) is 0 Å². The number of allylic oxidation sites excluding steroid dienone is 2. The Bertz CT molecular complexity index is 556. The molecule has 1 aromatic rings. The average Bonchev–Trinajstić information content (AvgIpc) is 2.90. The maximum atomic E-state index is 5.87. The van der Waals surface area contributed by atoms with Crippen LogP contribution in [0.25, 0.3) is 5.57 Å². The average molecular weight is 285 g/mol. The lowest BCUT2D eigenvalue weighted by Gasteiger charge is -2.25. The Kier molecular flexibility index (Phi) is 4.13. The number of aryl methyl sites for hydroxylation is 2. The number of fused-ring (bicyclic) bond motifs is 1. The van der Waals surface area contributed by atoms with Crippen LogP contribution < -0.4 is 5.32 Å². The number of hydrogen-bond donors (Lipinski definition) is 1. The molecular formula is C18H23NO2. The minimum absolute atomic E-state index is 0.332. The van der Waals surface area contributed by atoms with Crippen LogP contribution in [0.4, 0.5) is 0 Å².